The Morgan fingerprint density at radius 2 is 1.71 bits per heavy atom. The summed E-state index contributed by atoms with van der Waals surface area (Å²) in [5.74, 6) is 0. The fraction of sp³-hybridized carbons (Fsp3) is 0.818. The SMILES string of the molecule is COC(CCCC/C=C\CCBr)OC. The first-order chi connectivity index (χ1) is 6.85. The van der Waals surface area contributed by atoms with Gasteiger partial charge in [-0.05, 0) is 32.1 Å². The second-order valence-corrected chi connectivity index (χ2v) is 3.93. The molecule has 0 rings (SSSR count). The monoisotopic (exact) mass is 264 g/mol. The molecule has 0 aromatic rings. The molecular formula is C11H21BrO2. The molecule has 0 radical (unpaired) electrons. The number of hydrogen-bond donors (Lipinski definition) is 0. The summed E-state index contributed by atoms with van der Waals surface area (Å²) in [6, 6.07) is 0. The van der Waals surface area contributed by atoms with Crippen molar-refractivity contribution in [1.82, 2.24) is 0 Å². The van der Waals surface area contributed by atoms with Crippen LogP contribution in [-0.2, 0) is 9.47 Å². The number of allylic oxidation sites excluding steroid dienone is 2. The van der Waals surface area contributed by atoms with Gasteiger partial charge in [0.1, 0.15) is 0 Å². The molecule has 0 aromatic heterocycles. The highest BCUT2D eigenvalue weighted by atomic mass is 79.9. The van der Waals surface area contributed by atoms with Gasteiger partial charge in [0.15, 0.2) is 6.29 Å². The highest BCUT2D eigenvalue weighted by molar-refractivity contribution is 9.09. The maximum Gasteiger partial charge on any atom is 0.156 e. The van der Waals surface area contributed by atoms with Crippen LogP contribution >= 0.6 is 15.9 Å². The van der Waals surface area contributed by atoms with Crippen LogP contribution < -0.4 is 0 Å². The highest BCUT2D eigenvalue weighted by Gasteiger charge is 2.02. The van der Waals surface area contributed by atoms with Crippen molar-refractivity contribution < 1.29 is 9.47 Å². The predicted molar refractivity (Wildman–Crippen MR) is 63.8 cm³/mol. The van der Waals surface area contributed by atoms with Crippen LogP contribution in [-0.4, -0.2) is 25.8 Å². The zero-order valence-electron chi connectivity index (χ0n) is 9.17. The molecule has 0 heterocycles. The first-order valence-electron chi connectivity index (χ1n) is 5.11. The van der Waals surface area contributed by atoms with E-state index in [9.17, 15) is 0 Å². The standard InChI is InChI=1S/C11H21BrO2/c1-13-11(14-2)9-7-5-3-4-6-8-10-12/h4,6,11H,3,5,7-10H2,1-2H3/b6-4-. The van der Waals surface area contributed by atoms with Crippen LogP contribution in [0.2, 0.25) is 0 Å². The summed E-state index contributed by atoms with van der Waals surface area (Å²) in [5.41, 5.74) is 0. The minimum absolute atomic E-state index is 0.0264. The topological polar surface area (TPSA) is 18.5 Å². The summed E-state index contributed by atoms with van der Waals surface area (Å²) < 4.78 is 10.2. The molecule has 0 unspecified atom stereocenters. The zero-order valence-corrected chi connectivity index (χ0v) is 10.8. The van der Waals surface area contributed by atoms with Crippen molar-refractivity contribution in [3.05, 3.63) is 12.2 Å². The molecule has 0 spiro atoms. The molecule has 0 aliphatic carbocycles. The van der Waals surface area contributed by atoms with Crippen LogP contribution in [0.5, 0.6) is 0 Å². The Kier molecular flexibility index (Phi) is 11.3. The van der Waals surface area contributed by atoms with E-state index < -0.39 is 0 Å². The van der Waals surface area contributed by atoms with Crippen molar-refractivity contribution in [3.8, 4) is 0 Å². The molecule has 0 saturated heterocycles. The average Bonchev–Trinajstić information content (AvgIpc) is 2.22. The summed E-state index contributed by atoms with van der Waals surface area (Å²) in [4.78, 5) is 0. The van der Waals surface area contributed by atoms with Crippen molar-refractivity contribution >= 4 is 15.9 Å². The van der Waals surface area contributed by atoms with Crippen LogP contribution in [0, 0.1) is 0 Å². The smallest absolute Gasteiger partial charge is 0.156 e. The molecule has 0 N–H and O–H groups in total. The largest absolute Gasteiger partial charge is 0.356 e. The summed E-state index contributed by atoms with van der Waals surface area (Å²) in [5, 5.41) is 1.05. The molecule has 0 saturated carbocycles. The Balaban J connectivity index is 3.19. The normalized spacial score (nSPS) is 11.7. The van der Waals surface area contributed by atoms with E-state index in [0.29, 0.717) is 0 Å². The van der Waals surface area contributed by atoms with Gasteiger partial charge in [-0.15, -0.1) is 0 Å². The van der Waals surface area contributed by atoms with Gasteiger partial charge >= 0.3 is 0 Å². The lowest BCUT2D eigenvalue weighted by molar-refractivity contribution is -0.107. The summed E-state index contributed by atoms with van der Waals surface area (Å²) in [7, 11) is 3.37. The summed E-state index contributed by atoms with van der Waals surface area (Å²) in [6.45, 7) is 0. The van der Waals surface area contributed by atoms with Gasteiger partial charge in [0, 0.05) is 19.5 Å². The van der Waals surface area contributed by atoms with E-state index >= 15 is 0 Å². The van der Waals surface area contributed by atoms with Gasteiger partial charge in [0.05, 0.1) is 0 Å². The molecule has 0 amide bonds. The predicted octanol–water partition coefficient (Wildman–Crippen LogP) is 3.51. The third-order valence-corrected chi connectivity index (χ3v) is 2.49. The van der Waals surface area contributed by atoms with Crippen molar-refractivity contribution in [1.29, 1.82) is 0 Å². The summed E-state index contributed by atoms with van der Waals surface area (Å²) >= 11 is 3.39. The number of halogens is 1. The molecule has 14 heavy (non-hydrogen) atoms. The second-order valence-electron chi connectivity index (χ2n) is 3.13. The number of unbranched alkanes of at least 4 members (excludes halogenated alkanes) is 2. The van der Waals surface area contributed by atoms with Crippen LogP contribution in [0.4, 0.5) is 0 Å². The Hall–Kier alpha value is 0.140. The quantitative estimate of drug-likeness (QED) is 0.275. The second kappa shape index (κ2) is 11.2. The number of ether oxygens (including phenoxy) is 2. The Morgan fingerprint density at radius 1 is 1.07 bits per heavy atom. The first-order valence-corrected chi connectivity index (χ1v) is 6.23. The lowest BCUT2D eigenvalue weighted by atomic mass is 10.2. The molecule has 0 bridgehead atoms. The molecule has 0 atom stereocenters. The van der Waals surface area contributed by atoms with Crippen molar-refractivity contribution in [3.63, 3.8) is 0 Å². The average molecular weight is 265 g/mol. The van der Waals surface area contributed by atoms with Crippen LogP contribution in [0.3, 0.4) is 0 Å². The van der Waals surface area contributed by atoms with Crippen LogP contribution in [0.1, 0.15) is 32.1 Å². The Labute approximate surface area is 95.8 Å². The maximum absolute atomic E-state index is 5.10. The fourth-order valence-electron chi connectivity index (χ4n) is 1.20. The van der Waals surface area contributed by atoms with Crippen LogP contribution in [0.15, 0.2) is 12.2 Å². The van der Waals surface area contributed by atoms with Gasteiger partial charge in [0.2, 0.25) is 0 Å². The van der Waals surface area contributed by atoms with E-state index in [1.54, 1.807) is 14.2 Å². The third kappa shape index (κ3) is 8.73. The molecule has 0 aliphatic rings. The van der Waals surface area contributed by atoms with Gasteiger partial charge in [-0.1, -0.05) is 28.1 Å². The lowest BCUT2D eigenvalue weighted by Gasteiger charge is -2.11. The maximum atomic E-state index is 5.10. The van der Waals surface area contributed by atoms with E-state index in [0.717, 1.165) is 31.0 Å². The van der Waals surface area contributed by atoms with Gasteiger partial charge in [-0.3, -0.25) is 0 Å². The molecule has 0 fully saturated rings. The van der Waals surface area contributed by atoms with E-state index in [1.807, 2.05) is 0 Å². The van der Waals surface area contributed by atoms with Crippen LogP contribution in [0.25, 0.3) is 0 Å². The molecule has 3 heteroatoms. The minimum Gasteiger partial charge on any atom is -0.356 e. The number of rotatable bonds is 9. The van der Waals surface area contributed by atoms with Crippen molar-refractivity contribution in [2.75, 3.05) is 19.5 Å². The van der Waals surface area contributed by atoms with E-state index in [2.05, 4.69) is 28.1 Å². The number of hydrogen-bond acceptors (Lipinski definition) is 2. The lowest BCUT2D eigenvalue weighted by Crippen LogP contribution is -2.12. The van der Waals surface area contributed by atoms with Crippen molar-refractivity contribution in [2.24, 2.45) is 0 Å². The minimum atomic E-state index is -0.0264. The number of alkyl halides is 1. The van der Waals surface area contributed by atoms with E-state index in [4.69, 9.17) is 9.47 Å². The Morgan fingerprint density at radius 3 is 2.29 bits per heavy atom. The third-order valence-electron chi connectivity index (χ3n) is 2.03. The van der Waals surface area contributed by atoms with Crippen molar-refractivity contribution in [2.45, 2.75) is 38.4 Å². The molecule has 0 aliphatic heterocycles. The van der Waals surface area contributed by atoms with E-state index in [1.165, 1.54) is 6.42 Å². The molecule has 0 aromatic carbocycles. The highest BCUT2D eigenvalue weighted by Crippen LogP contribution is 2.07. The van der Waals surface area contributed by atoms with Gasteiger partial charge < -0.3 is 9.47 Å². The van der Waals surface area contributed by atoms with E-state index in [-0.39, 0.29) is 6.29 Å². The molecule has 84 valence electrons. The molecular weight excluding hydrogens is 244 g/mol. The first kappa shape index (κ1) is 14.1. The zero-order chi connectivity index (χ0) is 10.6. The van der Waals surface area contributed by atoms with Gasteiger partial charge in [0.25, 0.3) is 0 Å². The molecule has 2 nitrogen and oxygen atoms in total. The van der Waals surface area contributed by atoms with Gasteiger partial charge in [-0.25, -0.2) is 0 Å². The fourth-order valence-corrected chi connectivity index (χ4v) is 1.47. The number of methoxy groups -OCH3 is 2. The summed E-state index contributed by atoms with van der Waals surface area (Å²) in [6.07, 6.45) is 10.1. The Bertz CT molecular complexity index is 133. The van der Waals surface area contributed by atoms with Gasteiger partial charge in [-0.2, -0.15) is 0 Å².